The van der Waals surface area contributed by atoms with E-state index in [4.69, 9.17) is 0 Å². The molecule has 0 aliphatic carbocycles. The zero-order valence-electron chi connectivity index (χ0n) is 12.6. The Morgan fingerprint density at radius 3 is 2.08 bits per heavy atom. The van der Waals surface area contributed by atoms with Gasteiger partial charge in [-0.25, -0.2) is 22.0 Å². The van der Waals surface area contributed by atoms with E-state index < -0.39 is 34.8 Å². The molecule has 0 radical (unpaired) electrons. The zero-order chi connectivity index (χ0) is 18.0. The molecule has 2 aromatic carbocycles. The minimum absolute atomic E-state index is 0.178. The van der Waals surface area contributed by atoms with E-state index in [0.717, 1.165) is 5.75 Å². The first kappa shape index (κ1) is 17.5. The Bertz CT molecular complexity index is 836. The number of hydrogen-bond donors (Lipinski definition) is 1. The molecule has 0 atom stereocenters. The summed E-state index contributed by atoms with van der Waals surface area (Å²) in [4.78, 5) is 4.20. The fourth-order valence-corrected chi connectivity index (χ4v) is 3.00. The molecule has 0 fully saturated rings. The van der Waals surface area contributed by atoms with Crippen LogP contribution in [0.2, 0.25) is 0 Å². The van der Waals surface area contributed by atoms with E-state index in [-0.39, 0.29) is 5.70 Å². The van der Waals surface area contributed by atoms with Crippen LogP contribution in [-0.4, -0.2) is 17.3 Å². The number of rotatable bonds is 4. The number of benzene rings is 2. The predicted molar refractivity (Wildman–Crippen MR) is 89.0 cm³/mol. The Hall–Kier alpha value is -2.35. The molecular formula is C17H11F5N2S. The Labute approximate surface area is 144 Å². The van der Waals surface area contributed by atoms with Crippen LogP contribution in [0, 0.1) is 29.1 Å². The Kier molecular flexibility index (Phi) is 5.08. The maximum atomic E-state index is 13.9. The van der Waals surface area contributed by atoms with E-state index in [1.807, 2.05) is 0 Å². The highest BCUT2D eigenvalue weighted by atomic mass is 32.2. The second kappa shape index (κ2) is 7.26. The van der Waals surface area contributed by atoms with Gasteiger partial charge in [0.2, 0.25) is 5.82 Å². The molecule has 0 unspecified atom stereocenters. The van der Waals surface area contributed by atoms with Crippen LogP contribution >= 0.6 is 11.8 Å². The number of anilines is 1. The van der Waals surface area contributed by atoms with Crippen molar-refractivity contribution in [1.29, 1.82) is 0 Å². The van der Waals surface area contributed by atoms with E-state index in [1.165, 1.54) is 17.8 Å². The molecule has 130 valence electrons. The topological polar surface area (TPSA) is 24.4 Å². The molecule has 0 amide bonds. The van der Waals surface area contributed by atoms with E-state index in [9.17, 15) is 22.0 Å². The van der Waals surface area contributed by atoms with Gasteiger partial charge in [-0.2, -0.15) is 0 Å². The van der Waals surface area contributed by atoms with Crippen LogP contribution in [0.4, 0.5) is 27.6 Å². The average Bonchev–Trinajstić information content (AvgIpc) is 3.15. The Morgan fingerprint density at radius 1 is 0.920 bits per heavy atom. The summed E-state index contributed by atoms with van der Waals surface area (Å²) < 4.78 is 67.9. The molecule has 1 N–H and O–H groups in total. The van der Waals surface area contributed by atoms with Crippen molar-refractivity contribution in [2.75, 3.05) is 17.6 Å². The maximum absolute atomic E-state index is 13.9. The first-order valence-electron chi connectivity index (χ1n) is 7.22. The second-order valence-corrected chi connectivity index (χ2v) is 6.18. The maximum Gasteiger partial charge on any atom is 0.200 e. The number of thioether (sulfide) groups is 1. The van der Waals surface area contributed by atoms with Gasteiger partial charge < -0.3 is 5.32 Å². The first-order valence-corrected chi connectivity index (χ1v) is 8.20. The third kappa shape index (κ3) is 3.53. The normalized spacial score (nSPS) is 14.6. The second-order valence-electron chi connectivity index (χ2n) is 5.06. The molecule has 1 aliphatic heterocycles. The van der Waals surface area contributed by atoms with Gasteiger partial charge in [-0.05, 0) is 11.6 Å². The summed E-state index contributed by atoms with van der Waals surface area (Å²) in [5.41, 5.74) is -0.409. The minimum atomic E-state index is -2.19. The van der Waals surface area contributed by atoms with Crippen molar-refractivity contribution in [3.05, 3.63) is 71.1 Å². The molecule has 0 saturated carbocycles. The van der Waals surface area contributed by atoms with Gasteiger partial charge in [0, 0.05) is 18.0 Å². The number of halogens is 5. The average molecular weight is 370 g/mol. The van der Waals surface area contributed by atoms with Gasteiger partial charge in [0.05, 0.1) is 5.04 Å². The van der Waals surface area contributed by atoms with Crippen LogP contribution in [0.25, 0.3) is 5.70 Å². The molecule has 3 rings (SSSR count). The fourth-order valence-electron chi connectivity index (χ4n) is 2.22. The molecule has 2 nitrogen and oxygen atoms in total. The van der Waals surface area contributed by atoms with Crippen LogP contribution < -0.4 is 5.32 Å². The highest BCUT2D eigenvalue weighted by Crippen LogP contribution is 2.30. The van der Waals surface area contributed by atoms with Crippen molar-refractivity contribution in [3.8, 4) is 0 Å². The van der Waals surface area contributed by atoms with Gasteiger partial charge in [-0.1, -0.05) is 30.3 Å². The highest BCUT2D eigenvalue weighted by Gasteiger charge is 2.26. The van der Waals surface area contributed by atoms with Crippen LogP contribution in [0.15, 0.2) is 41.4 Å². The lowest BCUT2D eigenvalue weighted by Gasteiger charge is -2.14. The molecule has 1 heterocycles. The van der Waals surface area contributed by atoms with Crippen LogP contribution in [0.3, 0.4) is 0 Å². The van der Waals surface area contributed by atoms with Gasteiger partial charge in [-0.3, -0.25) is 4.99 Å². The van der Waals surface area contributed by atoms with Crippen molar-refractivity contribution in [3.63, 3.8) is 0 Å². The molecule has 0 saturated heterocycles. The monoisotopic (exact) mass is 370 g/mol. The quantitative estimate of drug-likeness (QED) is 0.466. The molecule has 0 spiro atoms. The zero-order valence-corrected chi connectivity index (χ0v) is 13.4. The van der Waals surface area contributed by atoms with Gasteiger partial charge in [0.15, 0.2) is 23.3 Å². The highest BCUT2D eigenvalue weighted by molar-refractivity contribution is 8.14. The smallest absolute Gasteiger partial charge is 0.200 e. The van der Waals surface area contributed by atoms with E-state index >= 15 is 0 Å². The van der Waals surface area contributed by atoms with Gasteiger partial charge >= 0.3 is 0 Å². The summed E-state index contributed by atoms with van der Waals surface area (Å²) in [6.45, 7) is 0.598. The van der Waals surface area contributed by atoms with Crippen molar-refractivity contribution < 1.29 is 22.0 Å². The van der Waals surface area contributed by atoms with Crippen molar-refractivity contribution in [1.82, 2.24) is 0 Å². The molecule has 2 aromatic rings. The standard InChI is InChI=1S/C17H11F5N2S/c18-12-13(19)15(21)17(16(22)14(12)20)24-10(8-11-23-6-7-25-11)9-4-2-1-3-5-9/h1-5,8,24H,6-7H2. The molecule has 0 aromatic heterocycles. The molecule has 1 aliphatic rings. The Balaban J connectivity index is 2.08. The van der Waals surface area contributed by atoms with Crippen LogP contribution in [0.5, 0.6) is 0 Å². The summed E-state index contributed by atoms with van der Waals surface area (Å²) in [6.07, 6.45) is 1.52. The summed E-state index contributed by atoms with van der Waals surface area (Å²) >= 11 is 1.43. The van der Waals surface area contributed by atoms with E-state index in [0.29, 0.717) is 17.2 Å². The molecular weight excluding hydrogens is 359 g/mol. The third-order valence-corrected chi connectivity index (χ3v) is 4.36. The van der Waals surface area contributed by atoms with Gasteiger partial charge in [0.1, 0.15) is 5.69 Å². The molecule has 0 bridgehead atoms. The summed E-state index contributed by atoms with van der Waals surface area (Å²) in [5.74, 6) is -9.26. The van der Waals surface area contributed by atoms with Crippen molar-refractivity contribution in [2.45, 2.75) is 0 Å². The number of hydrogen-bond acceptors (Lipinski definition) is 3. The minimum Gasteiger partial charge on any atom is -0.350 e. The van der Waals surface area contributed by atoms with E-state index in [2.05, 4.69) is 10.3 Å². The number of aliphatic imine (C=N–C) groups is 1. The van der Waals surface area contributed by atoms with Crippen LogP contribution in [-0.2, 0) is 0 Å². The van der Waals surface area contributed by atoms with Crippen molar-refractivity contribution >= 4 is 28.2 Å². The summed E-state index contributed by atoms with van der Waals surface area (Å²) in [7, 11) is 0. The largest absolute Gasteiger partial charge is 0.350 e. The third-order valence-electron chi connectivity index (χ3n) is 3.43. The fraction of sp³-hybridized carbons (Fsp3) is 0.118. The number of nitrogens with zero attached hydrogens (tertiary/aromatic N) is 1. The van der Waals surface area contributed by atoms with Crippen molar-refractivity contribution in [2.24, 2.45) is 4.99 Å². The Morgan fingerprint density at radius 2 is 1.52 bits per heavy atom. The lowest BCUT2D eigenvalue weighted by atomic mass is 10.1. The summed E-state index contributed by atoms with van der Waals surface area (Å²) in [6, 6.07) is 8.40. The number of nitrogens with one attached hydrogen (secondary N) is 1. The SMILES string of the molecule is Fc1c(F)c(F)c(NC(=CC2=NCCS2)c2ccccc2)c(F)c1F. The lowest BCUT2D eigenvalue weighted by molar-refractivity contribution is 0.382. The lowest BCUT2D eigenvalue weighted by Crippen LogP contribution is -2.10. The predicted octanol–water partition coefficient (Wildman–Crippen LogP) is 4.98. The van der Waals surface area contributed by atoms with Crippen LogP contribution in [0.1, 0.15) is 5.56 Å². The molecule has 8 heteroatoms. The van der Waals surface area contributed by atoms with Gasteiger partial charge in [-0.15, -0.1) is 11.8 Å². The van der Waals surface area contributed by atoms with E-state index in [1.54, 1.807) is 30.3 Å². The first-order chi connectivity index (χ1) is 12.0. The molecule has 25 heavy (non-hydrogen) atoms. The van der Waals surface area contributed by atoms with Gasteiger partial charge in [0.25, 0.3) is 0 Å². The summed E-state index contributed by atoms with van der Waals surface area (Å²) in [5, 5.41) is 2.94.